The van der Waals surface area contributed by atoms with Gasteiger partial charge in [-0.25, -0.2) is 0 Å². The van der Waals surface area contributed by atoms with E-state index in [2.05, 4.69) is 57.5 Å². The lowest BCUT2D eigenvalue weighted by Gasteiger charge is -2.58. The molecule has 5 unspecified atom stereocenters. The summed E-state index contributed by atoms with van der Waals surface area (Å²) < 4.78 is 6.07. The SMILES string of the molecule is CC(C)CCC[C@@H](C)C1CCC2C3CC=C4CC(OC(=O)CCN(C)CCCN(C)CCC(=O)O)CC[C@]4(C)C3CC[C@@]21C. The molecule has 0 radical (unpaired) electrons. The average molecular weight is 615 g/mol. The van der Waals surface area contributed by atoms with Crippen LogP contribution in [-0.2, 0) is 14.3 Å². The number of carbonyl (C=O) groups excluding carboxylic acids is 1. The Hall–Kier alpha value is -1.40. The molecule has 6 heteroatoms. The predicted octanol–water partition coefficient (Wildman–Crippen LogP) is 8.06. The number of carboxylic acids is 1. The van der Waals surface area contributed by atoms with Gasteiger partial charge < -0.3 is 19.6 Å². The summed E-state index contributed by atoms with van der Waals surface area (Å²) in [4.78, 5) is 27.8. The predicted molar refractivity (Wildman–Crippen MR) is 179 cm³/mol. The highest BCUT2D eigenvalue weighted by molar-refractivity contribution is 5.69. The molecule has 0 bridgehead atoms. The Kier molecular flexibility index (Phi) is 12.5. The Morgan fingerprint density at radius 1 is 0.909 bits per heavy atom. The van der Waals surface area contributed by atoms with E-state index < -0.39 is 5.97 Å². The summed E-state index contributed by atoms with van der Waals surface area (Å²) in [5, 5.41) is 8.84. The second-order valence-electron chi connectivity index (χ2n) is 16.5. The quantitative estimate of drug-likeness (QED) is 0.140. The van der Waals surface area contributed by atoms with E-state index in [1.54, 1.807) is 5.57 Å². The number of hydrogen-bond donors (Lipinski definition) is 1. The summed E-state index contributed by atoms with van der Waals surface area (Å²) in [5.74, 6) is 4.27. The van der Waals surface area contributed by atoms with Crippen molar-refractivity contribution in [2.24, 2.45) is 46.3 Å². The van der Waals surface area contributed by atoms with Crippen molar-refractivity contribution in [2.45, 2.75) is 131 Å². The van der Waals surface area contributed by atoms with Gasteiger partial charge in [-0.1, -0.05) is 65.5 Å². The third-order valence-electron chi connectivity index (χ3n) is 13.0. The largest absolute Gasteiger partial charge is 0.481 e. The summed E-state index contributed by atoms with van der Waals surface area (Å²) in [7, 11) is 4.01. The highest BCUT2D eigenvalue weighted by atomic mass is 16.5. The van der Waals surface area contributed by atoms with Crippen molar-refractivity contribution in [3.63, 3.8) is 0 Å². The molecule has 6 nitrogen and oxygen atoms in total. The van der Waals surface area contributed by atoms with Gasteiger partial charge in [-0.05, 0) is 125 Å². The normalized spacial score (nSPS) is 34.0. The van der Waals surface area contributed by atoms with Crippen LogP contribution in [0.4, 0.5) is 0 Å². The second kappa shape index (κ2) is 15.5. The minimum absolute atomic E-state index is 0.0305. The highest BCUT2D eigenvalue weighted by Crippen LogP contribution is 2.67. The van der Waals surface area contributed by atoms with Crippen molar-refractivity contribution in [2.75, 3.05) is 40.3 Å². The number of hydrogen-bond acceptors (Lipinski definition) is 5. The summed E-state index contributed by atoms with van der Waals surface area (Å²) >= 11 is 0. The summed E-state index contributed by atoms with van der Waals surface area (Å²) in [6, 6.07) is 0. The van der Waals surface area contributed by atoms with Crippen LogP contribution < -0.4 is 0 Å². The molecule has 4 aliphatic carbocycles. The number of allylic oxidation sites excluding steroid dienone is 1. The molecule has 3 saturated carbocycles. The van der Waals surface area contributed by atoms with Gasteiger partial charge in [0.05, 0.1) is 12.8 Å². The Bertz CT molecular complexity index is 995. The zero-order valence-electron chi connectivity index (χ0n) is 29.4. The summed E-state index contributed by atoms with van der Waals surface area (Å²) in [5.41, 5.74) is 2.40. The number of carboxylic acid groups (broad SMARTS) is 1. The summed E-state index contributed by atoms with van der Waals surface area (Å²) in [6.45, 7) is 15.6. The Morgan fingerprint density at radius 2 is 1.61 bits per heavy atom. The molecule has 4 aliphatic rings. The second-order valence-corrected chi connectivity index (χ2v) is 16.5. The Balaban J connectivity index is 1.23. The fourth-order valence-electron chi connectivity index (χ4n) is 10.4. The molecule has 44 heavy (non-hydrogen) atoms. The van der Waals surface area contributed by atoms with Gasteiger partial charge in [-0.15, -0.1) is 0 Å². The first kappa shape index (κ1) is 35.5. The van der Waals surface area contributed by atoms with Gasteiger partial charge in [0.2, 0.25) is 0 Å². The van der Waals surface area contributed by atoms with E-state index in [1.165, 1.54) is 51.4 Å². The molecule has 0 aromatic rings. The van der Waals surface area contributed by atoms with E-state index >= 15 is 0 Å². The smallest absolute Gasteiger partial charge is 0.307 e. The van der Waals surface area contributed by atoms with E-state index in [0.717, 1.165) is 74.3 Å². The van der Waals surface area contributed by atoms with Crippen LogP contribution in [0.5, 0.6) is 0 Å². The number of fused-ring (bicyclic) bond motifs is 5. The van der Waals surface area contributed by atoms with Crippen LogP contribution in [0, 0.1) is 46.3 Å². The zero-order valence-corrected chi connectivity index (χ0v) is 29.4. The monoisotopic (exact) mass is 615 g/mol. The topological polar surface area (TPSA) is 70.1 Å². The van der Waals surface area contributed by atoms with E-state index in [0.29, 0.717) is 24.9 Å². The molecule has 0 spiro atoms. The van der Waals surface area contributed by atoms with Crippen LogP contribution in [0.15, 0.2) is 11.6 Å². The van der Waals surface area contributed by atoms with Crippen molar-refractivity contribution in [3.05, 3.63) is 11.6 Å². The molecule has 0 saturated heterocycles. The molecule has 0 aromatic heterocycles. The third-order valence-corrected chi connectivity index (χ3v) is 13.0. The van der Waals surface area contributed by atoms with Gasteiger partial charge in [0.25, 0.3) is 0 Å². The van der Waals surface area contributed by atoms with Gasteiger partial charge in [-0.3, -0.25) is 9.59 Å². The molecular formula is C38H66N2O4. The van der Waals surface area contributed by atoms with E-state index in [4.69, 9.17) is 9.84 Å². The lowest BCUT2D eigenvalue weighted by atomic mass is 9.47. The molecule has 0 aliphatic heterocycles. The zero-order chi connectivity index (χ0) is 32.1. The molecule has 0 heterocycles. The lowest BCUT2D eigenvalue weighted by molar-refractivity contribution is -0.152. The first-order valence-corrected chi connectivity index (χ1v) is 18.3. The Labute approximate surface area is 269 Å². The van der Waals surface area contributed by atoms with Crippen molar-refractivity contribution in [1.82, 2.24) is 9.80 Å². The fourth-order valence-corrected chi connectivity index (χ4v) is 10.4. The third kappa shape index (κ3) is 8.49. The summed E-state index contributed by atoms with van der Waals surface area (Å²) in [6.07, 6.45) is 18.4. The molecule has 0 amide bonds. The van der Waals surface area contributed by atoms with Gasteiger partial charge in [0, 0.05) is 19.5 Å². The van der Waals surface area contributed by atoms with Gasteiger partial charge in [0.1, 0.15) is 6.10 Å². The first-order valence-electron chi connectivity index (χ1n) is 18.3. The number of nitrogens with zero attached hydrogens (tertiary/aromatic N) is 2. The fraction of sp³-hybridized carbons (Fsp3) is 0.895. The maximum Gasteiger partial charge on any atom is 0.307 e. The molecule has 4 rings (SSSR count). The van der Waals surface area contributed by atoms with Gasteiger partial charge >= 0.3 is 11.9 Å². The number of rotatable bonds is 16. The standard InChI is InChI=1S/C38H66N2O4/c1-27(2)10-8-11-28(3)32-14-15-33-31-13-12-29-26-30(16-20-37(29,4)34(31)17-21-38(32,33)5)44-36(43)19-25-40(7)23-9-22-39(6)24-18-35(41)42/h12,27-28,30-34H,8-11,13-26H2,1-7H3,(H,41,42)/t28-,30?,31?,32?,33?,34?,37+,38-/m1/s1. The molecule has 1 N–H and O–H groups in total. The lowest BCUT2D eigenvalue weighted by Crippen LogP contribution is -2.51. The van der Waals surface area contributed by atoms with Crippen LogP contribution in [0.2, 0.25) is 0 Å². The number of ether oxygens (including phenoxy) is 1. The van der Waals surface area contributed by atoms with Crippen LogP contribution in [0.3, 0.4) is 0 Å². The van der Waals surface area contributed by atoms with Crippen molar-refractivity contribution in [1.29, 1.82) is 0 Å². The van der Waals surface area contributed by atoms with Crippen molar-refractivity contribution >= 4 is 11.9 Å². The van der Waals surface area contributed by atoms with Crippen molar-refractivity contribution < 1.29 is 19.4 Å². The first-order chi connectivity index (χ1) is 20.8. The molecule has 3 fully saturated rings. The highest BCUT2D eigenvalue weighted by Gasteiger charge is 2.59. The van der Waals surface area contributed by atoms with Gasteiger partial charge in [0.15, 0.2) is 0 Å². The van der Waals surface area contributed by atoms with E-state index in [1.807, 2.05) is 7.05 Å². The van der Waals surface area contributed by atoms with Gasteiger partial charge in [-0.2, -0.15) is 0 Å². The molecular weight excluding hydrogens is 548 g/mol. The molecule has 252 valence electrons. The average Bonchev–Trinajstić information content (AvgIpc) is 3.32. The van der Waals surface area contributed by atoms with Crippen molar-refractivity contribution in [3.8, 4) is 0 Å². The van der Waals surface area contributed by atoms with Crippen LogP contribution in [0.25, 0.3) is 0 Å². The Morgan fingerprint density at radius 3 is 2.30 bits per heavy atom. The van der Waals surface area contributed by atoms with Crippen LogP contribution >= 0.6 is 0 Å². The molecule has 8 atom stereocenters. The molecule has 0 aromatic carbocycles. The number of carbonyl (C=O) groups is 2. The van der Waals surface area contributed by atoms with Crippen LogP contribution in [-0.4, -0.2) is 73.2 Å². The van der Waals surface area contributed by atoms with E-state index in [9.17, 15) is 9.59 Å². The number of aliphatic carboxylic acids is 1. The van der Waals surface area contributed by atoms with Crippen LogP contribution in [0.1, 0.15) is 125 Å². The minimum atomic E-state index is -0.754. The van der Waals surface area contributed by atoms with E-state index in [-0.39, 0.29) is 23.9 Å². The maximum absolute atomic E-state index is 12.8. The minimum Gasteiger partial charge on any atom is -0.481 e. The maximum atomic E-state index is 12.8. The number of esters is 1.